The smallest absolute Gasteiger partial charge is 0.371 e. The Morgan fingerprint density at radius 3 is 2.58 bits per heavy atom. The number of carboxylic acid groups (broad SMARTS) is 1. The average Bonchev–Trinajstić information content (AvgIpc) is 2.79. The SMILES string of the molecule is Cc1oc(C(=O)O)cc1COc1ccc(C=O)cc1. The zero-order chi connectivity index (χ0) is 13.8. The number of rotatable bonds is 5. The lowest BCUT2D eigenvalue weighted by Crippen LogP contribution is -1.96. The van der Waals surface area contributed by atoms with Crippen molar-refractivity contribution in [2.75, 3.05) is 0 Å². The molecule has 0 bridgehead atoms. The average molecular weight is 260 g/mol. The quantitative estimate of drug-likeness (QED) is 0.836. The van der Waals surface area contributed by atoms with Crippen molar-refractivity contribution >= 4 is 12.3 Å². The standard InChI is InChI=1S/C14H12O5/c1-9-11(6-13(19-9)14(16)17)8-18-12-4-2-10(7-15)3-5-12/h2-7H,8H2,1H3,(H,16,17). The molecule has 0 fully saturated rings. The van der Waals surface area contributed by atoms with Crippen molar-refractivity contribution in [1.29, 1.82) is 0 Å². The van der Waals surface area contributed by atoms with Crippen molar-refractivity contribution in [2.45, 2.75) is 13.5 Å². The second-order valence-electron chi connectivity index (χ2n) is 3.97. The maximum Gasteiger partial charge on any atom is 0.371 e. The van der Waals surface area contributed by atoms with Crippen LogP contribution in [0.3, 0.4) is 0 Å². The molecule has 0 atom stereocenters. The van der Waals surface area contributed by atoms with E-state index in [0.717, 1.165) is 6.29 Å². The van der Waals surface area contributed by atoms with Crippen LogP contribution in [-0.4, -0.2) is 17.4 Å². The highest BCUT2D eigenvalue weighted by molar-refractivity contribution is 5.84. The van der Waals surface area contributed by atoms with Crippen molar-refractivity contribution in [3.63, 3.8) is 0 Å². The molecule has 0 spiro atoms. The topological polar surface area (TPSA) is 76.7 Å². The van der Waals surface area contributed by atoms with Crippen molar-refractivity contribution in [3.05, 3.63) is 53.0 Å². The number of aromatic carboxylic acids is 1. The lowest BCUT2D eigenvalue weighted by molar-refractivity contribution is 0.0661. The zero-order valence-electron chi connectivity index (χ0n) is 10.3. The van der Waals surface area contributed by atoms with E-state index in [1.165, 1.54) is 6.07 Å². The predicted octanol–water partition coefficient (Wildman–Crippen LogP) is 2.68. The van der Waals surface area contributed by atoms with Gasteiger partial charge in [0.05, 0.1) is 0 Å². The minimum Gasteiger partial charge on any atom is -0.489 e. The first kappa shape index (κ1) is 12.9. The van der Waals surface area contributed by atoms with E-state index in [1.807, 2.05) is 0 Å². The summed E-state index contributed by atoms with van der Waals surface area (Å²) in [6, 6.07) is 8.09. The van der Waals surface area contributed by atoms with E-state index in [0.29, 0.717) is 22.6 Å². The van der Waals surface area contributed by atoms with Crippen LogP contribution in [0.1, 0.15) is 32.2 Å². The molecule has 0 unspecified atom stereocenters. The zero-order valence-corrected chi connectivity index (χ0v) is 10.3. The summed E-state index contributed by atoms with van der Waals surface area (Å²) in [7, 11) is 0. The van der Waals surface area contributed by atoms with Gasteiger partial charge in [-0.2, -0.15) is 0 Å². The molecule has 2 rings (SSSR count). The van der Waals surface area contributed by atoms with Crippen LogP contribution >= 0.6 is 0 Å². The van der Waals surface area contributed by atoms with Crippen molar-refractivity contribution in [1.82, 2.24) is 0 Å². The number of furan rings is 1. The van der Waals surface area contributed by atoms with Crippen LogP contribution in [0.25, 0.3) is 0 Å². The summed E-state index contributed by atoms with van der Waals surface area (Å²) in [6.07, 6.45) is 0.753. The molecule has 0 aliphatic rings. The van der Waals surface area contributed by atoms with Gasteiger partial charge in [-0.05, 0) is 37.3 Å². The normalized spacial score (nSPS) is 10.2. The molecule has 1 N–H and O–H groups in total. The summed E-state index contributed by atoms with van der Waals surface area (Å²) in [4.78, 5) is 21.2. The van der Waals surface area contributed by atoms with Gasteiger partial charge in [-0.3, -0.25) is 4.79 Å². The van der Waals surface area contributed by atoms with Crippen LogP contribution in [0, 0.1) is 6.92 Å². The van der Waals surface area contributed by atoms with Crippen molar-refractivity contribution in [3.8, 4) is 5.75 Å². The van der Waals surface area contributed by atoms with E-state index in [9.17, 15) is 9.59 Å². The second-order valence-corrected chi connectivity index (χ2v) is 3.97. The molecule has 5 heteroatoms. The summed E-state index contributed by atoms with van der Waals surface area (Å²) in [5.74, 6) is -0.0953. The molecule has 98 valence electrons. The maximum atomic E-state index is 10.7. The van der Waals surface area contributed by atoms with E-state index >= 15 is 0 Å². The molecule has 0 amide bonds. The van der Waals surface area contributed by atoms with Crippen LogP contribution < -0.4 is 4.74 Å². The molecule has 2 aromatic rings. The van der Waals surface area contributed by atoms with Gasteiger partial charge in [0.25, 0.3) is 0 Å². The molecule has 1 aromatic heterocycles. The van der Waals surface area contributed by atoms with Gasteiger partial charge < -0.3 is 14.3 Å². The lowest BCUT2D eigenvalue weighted by Gasteiger charge is -2.04. The van der Waals surface area contributed by atoms with Crippen LogP contribution in [0.4, 0.5) is 0 Å². The Bertz CT molecular complexity index is 595. The van der Waals surface area contributed by atoms with Gasteiger partial charge in [0, 0.05) is 11.1 Å². The Hall–Kier alpha value is -2.56. The number of aryl methyl sites for hydroxylation is 1. The third-order valence-corrected chi connectivity index (χ3v) is 2.64. The summed E-state index contributed by atoms with van der Waals surface area (Å²) < 4.78 is 10.6. The maximum absolute atomic E-state index is 10.7. The molecule has 0 aliphatic carbocycles. The number of hydrogen-bond acceptors (Lipinski definition) is 4. The number of ether oxygens (including phenoxy) is 1. The van der Waals surface area contributed by atoms with Gasteiger partial charge in [-0.15, -0.1) is 0 Å². The first-order valence-corrected chi connectivity index (χ1v) is 5.61. The molecular weight excluding hydrogens is 248 g/mol. The Labute approximate surface area is 109 Å². The minimum absolute atomic E-state index is 0.104. The summed E-state index contributed by atoms with van der Waals surface area (Å²) in [5.41, 5.74) is 1.25. The van der Waals surface area contributed by atoms with E-state index in [2.05, 4.69) is 0 Å². The molecular formula is C14H12O5. The number of carboxylic acids is 1. The third kappa shape index (κ3) is 3.01. The molecule has 19 heavy (non-hydrogen) atoms. The minimum atomic E-state index is -1.11. The van der Waals surface area contributed by atoms with Crippen LogP contribution in [-0.2, 0) is 6.61 Å². The van der Waals surface area contributed by atoms with Crippen molar-refractivity contribution < 1.29 is 23.8 Å². The highest BCUT2D eigenvalue weighted by atomic mass is 16.5. The Kier molecular flexibility index (Phi) is 3.66. The molecule has 1 heterocycles. The Morgan fingerprint density at radius 2 is 2.05 bits per heavy atom. The van der Waals surface area contributed by atoms with E-state index < -0.39 is 5.97 Å². The Balaban J connectivity index is 2.05. The first-order valence-electron chi connectivity index (χ1n) is 5.61. The molecule has 0 aliphatic heterocycles. The van der Waals surface area contributed by atoms with Crippen LogP contribution in [0.5, 0.6) is 5.75 Å². The summed E-state index contributed by atoms with van der Waals surface area (Å²) in [5, 5.41) is 8.80. The number of aldehydes is 1. The molecule has 5 nitrogen and oxygen atoms in total. The summed E-state index contributed by atoms with van der Waals surface area (Å²) >= 11 is 0. The third-order valence-electron chi connectivity index (χ3n) is 2.64. The van der Waals surface area contributed by atoms with E-state index in [1.54, 1.807) is 31.2 Å². The van der Waals surface area contributed by atoms with Crippen molar-refractivity contribution in [2.24, 2.45) is 0 Å². The number of carbonyl (C=O) groups is 2. The molecule has 0 radical (unpaired) electrons. The fraction of sp³-hybridized carbons (Fsp3) is 0.143. The number of benzene rings is 1. The fourth-order valence-corrected chi connectivity index (χ4v) is 1.57. The molecule has 1 aromatic carbocycles. The van der Waals surface area contributed by atoms with Gasteiger partial charge in [0.2, 0.25) is 5.76 Å². The van der Waals surface area contributed by atoms with Gasteiger partial charge in [-0.1, -0.05) is 0 Å². The van der Waals surface area contributed by atoms with Gasteiger partial charge >= 0.3 is 5.97 Å². The Morgan fingerprint density at radius 1 is 1.37 bits per heavy atom. The number of carbonyl (C=O) groups excluding carboxylic acids is 1. The highest BCUT2D eigenvalue weighted by Crippen LogP contribution is 2.18. The summed E-state index contributed by atoms with van der Waals surface area (Å²) in [6.45, 7) is 1.89. The van der Waals surface area contributed by atoms with Gasteiger partial charge in [-0.25, -0.2) is 4.79 Å². The monoisotopic (exact) mass is 260 g/mol. The number of hydrogen-bond donors (Lipinski definition) is 1. The van der Waals surface area contributed by atoms with E-state index in [-0.39, 0.29) is 12.4 Å². The first-order chi connectivity index (χ1) is 9.10. The lowest BCUT2D eigenvalue weighted by atomic mass is 10.2. The van der Waals surface area contributed by atoms with Crippen LogP contribution in [0.15, 0.2) is 34.7 Å². The predicted molar refractivity (Wildman–Crippen MR) is 66.6 cm³/mol. The molecule has 0 saturated heterocycles. The van der Waals surface area contributed by atoms with E-state index in [4.69, 9.17) is 14.3 Å². The fourth-order valence-electron chi connectivity index (χ4n) is 1.57. The van der Waals surface area contributed by atoms with Gasteiger partial charge in [0.15, 0.2) is 0 Å². The van der Waals surface area contributed by atoms with Crippen LogP contribution in [0.2, 0.25) is 0 Å². The molecule has 0 saturated carbocycles. The largest absolute Gasteiger partial charge is 0.489 e. The van der Waals surface area contributed by atoms with Gasteiger partial charge in [0.1, 0.15) is 24.4 Å². The highest BCUT2D eigenvalue weighted by Gasteiger charge is 2.13. The second kappa shape index (κ2) is 5.39.